The molecule has 0 saturated heterocycles. The molecule has 0 unspecified atom stereocenters. The number of carbonyl (C=O) groups excluding carboxylic acids is 1. The lowest BCUT2D eigenvalue weighted by Crippen LogP contribution is -2.60. The minimum absolute atomic E-state index is 0.00416. The van der Waals surface area contributed by atoms with Gasteiger partial charge >= 0.3 is 0 Å². The standard InChI is InChI=1S/C25H32N2O3S/c1-17-23-14-20(25(23,2)3)15-24(17)27-31(29,30)22-10-7-18(8-11-22)13-21(28)9-6-19-5-4-12-26-16-19/h4-5,7-8,10-12,16-17,20,23-24,27H,6,9,13-15H2,1-3H3/t17-,20+,23-,24-/m1/s1. The maximum atomic E-state index is 12.9. The SMILES string of the molecule is C[C@@H]1[C@H]2C[C@@H](C[C@H]1NS(=O)(=O)c1ccc(CC(=O)CCc3cccnc3)cc1)C2(C)C. The fraction of sp³-hybridized carbons (Fsp3) is 0.520. The molecule has 5 nitrogen and oxygen atoms in total. The zero-order chi connectivity index (χ0) is 22.2. The number of rotatable bonds is 8. The zero-order valence-electron chi connectivity index (χ0n) is 18.5. The number of hydrogen-bond donors (Lipinski definition) is 1. The van der Waals surface area contributed by atoms with Crippen LogP contribution in [0.15, 0.2) is 53.7 Å². The molecule has 1 N–H and O–H groups in total. The Hall–Kier alpha value is -2.05. The number of benzene rings is 1. The number of pyridine rings is 1. The van der Waals surface area contributed by atoms with Gasteiger partial charge in [0.2, 0.25) is 10.0 Å². The van der Waals surface area contributed by atoms with E-state index in [1.165, 1.54) is 6.42 Å². The van der Waals surface area contributed by atoms with E-state index in [2.05, 4.69) is 30.5 Å². The van der Waals surface area contributed by atoms with Crippen molar-refractivity contribution in [3.05, 3.63) is 59.9 Å². The molecule has 0 amide bonds. The predicted molar refractivity (Wildman–Crippen MR) is 121 cm³/mol. The van der Waals surface area contributed by atoms with E-state index in [1.54, 1.807) is 36.7 Å². The number of nitrogens with zero attached hydrogens (tertiary/aromatic N) is 1. The van der Waals surface area contributed by atoms with Gasteiger partial charge in [0.1, 0.15) is 5.78 Å². The number of aromatic nitrogens is 1. The summed E-state index contributed by atoms with van der Waals surface area (Å²) in [7, 11) is -3.57. The molecule has 0 aliphatic heterocycles. The van der Waals surface area contributed by atoms with E-state index < -0.39 is 10.0 Å². The summed E-state index contributed by atoms with van der Waals surface area (Å²) in [6.07, 6.45) is 7.05. The van der Waals surface area contributed by atoms with Crippen molar-refractivity contribution >= 4 is 15.8 Å². The van der Waals surface area contributed by atoms with Crippen LogP contribution in [-0.2, 0) is 27.7 Å². The van der Waals surface area contributed by atoms with E-state index in [1.807, 2.05) is 12.1 Å². The fourth-order valence-corrected chi connectivity index (χ4v) is 6.85. The molecule has 3 aliphatic rings. The molecular formula is C25H32N2O3S. The molecule has 1 aromatic heterocycles. The van der Waals surface area contributed by atoms with Crippen LogP contribution in [0.1, 0.15) is 51.2 Å². The molecule has 31 heavy (non-hydrogen) atoms. The first-order valence-corrected chi connectivity index (χ1v) is 12.7. The molecule has 3 aliphatic carbocycles. The summed E-state index contributed by atoms with van der Waals surface area (Å²) in [6.45, 7) is 6.79. The van der Waals surface area contributed by atoms with Crippen LogP contribution < -0.4 is 4.72 Å². The maximum absolute atomic E-state index is 12.9. The number of Topliss-reactive ketones (excluding diaryl/α,β-unsaturated/α-hetero) is 1. The Morgan fingerprint density at radius 2 is 1.87 bits per heavy atom. The quantitative estimate of drug-likeness (QED) is 0.668. The molecule has 2 bridgehead atoms. The number of hydrogen-bond acceptors (Lipinski definition) is 4. The monoisotopic (exact) mass is 440 g/mol. The van der Waals surface area contributed by atoms with Gasteiger partial charge in [-0.25, -0.2) is 13.1 Å². The van der Waals surface area contributed by atoms with Gasteiger partial charge in [0.15, 0.2) is 0 Å². The molecule has 166 valence electrons. The molecule has 2 aromatic rings. The van der Waals surface area contributed by atoms with Crippen LogP contribution in [-0.4, -0.2) is 25.2 Å². The smallest absolute Gasteiger partial charge is 0.240 e. The maximum Gasteiger partial charge on any atom is 0.240 e. The third-order valence-corrected chi connectivity index (χ3v) is 9.22. The van der Waals surface area contributed by atoms with Crippen molar-refractivity contribution in [1.29, 1.82) is 0 Å². The van der Waals surface area contributed by atoms with Crippen molar-refractivity contribution in [2.24, 2.45) is 23.2 Å². The van der Waals surface area contributed by atoms with Gasteiger partial charge in [0, 0.05) is 31.3 Å². The fourth-order valence-electron chi connectivity index (χ4n) is 5.51. The highest BCUT2D eigenvalue weighted by molar-refractivity contribution is 7.89. The average molecular weight is 441 g/mol. The summed E-state index contributed by atoms with van der Waals surface area (Å²) in [5, 5.41) is 0. The lowest BCUT2D eigenvalue weighted by molar-refractivity contribution is -0.118. The number of ketones is 1. The van der Waals surface area contributed by atoms with Crippen LogP contribution in [0.2, 0.25) is 0 Å². The van der Waals surface area contributed by atoms with Crippen molar-refractivity contribution < 1.29 is 13.2 Å². The first-order valence-electron chi connectivity index (χ1n) is 11.2. The van der Waals surface area contributed by atoms with Gasteiger partial charge in [0.05, 0.1) is 4.90 Å². The molecule has 6 heteroatoms. The van der Waals surface area contributed by atoms with Crippen molar-refractivity contribution in [3.8, 4) is 0 Å². The number of carbonyl (C=O) groups is 1. The lowest BCUT2D eigenvalue weighted by Gasteiger charge is -2.62. The summed E-state index contributed by atoms with van der Waals surface area (Å²) >= 11 is 0. The van der Waals surface area contributed by atoms with Gasteiger partial charge < -0.3 is 0 Å². The predicted octanol–water partition coefficient (Wildman–Crippen LogP) is 4.18. The lowest BCUT2D eigenvalue weighted by atomic mass is 9.45. The van der Waals surface area contributed by atoms with E-state index in [0.29, 0.717) is 42.4 Å². The third-order valence-electron chi connectivity index (χ3n) is 7.71. The van der Waals surface area contributed by atoms with Crippen molar-refractivity contribution in [2.75, 3.05) is 0 Å². The van der Waals surface area contributed by atoms with Gasteiger partial charge in [0.25, 0.3) is 0 Å². The summed E-state index contributed by atoms with van der Waals surface area (Å²) in [5.41, 5.74) is 2.21. The van der Waals surface area contributed by atoms with Crippen LogP contribution in [0.5, 0.6) is 0 Å². The van der Waals surface area contributed by atoms with Gasteiger partial charge in [-0.15, -0.1) is 0 Å². The Bertz CT molecular complexity index is 1030. The van der Waals surface area contributed by atoms with Gasteiger partial charge in [-0.2, -0.15) is 0 Å². The second-order valence-electron chi connectivity index (χ2n) is 9.90. The Labute approximate surface area is 185 Å². The van der Waals surface area contributed by atoms with Crippen molar-refractivity contribution in [1.82, 2.24) is 9.71 Å². The zero-order valence-corrected chi connectivity index (χ0v) is 19.4. The van der Waals surface area contributed by atoms with Crippen molar-refractivity contribution in [3.63, 3.8) is 0 Å². The first kappa shape index (κ1) is 22.2. The van der Waals surface area contributed by atoms with Gasteiger partial charge in [-0.3, -0.25) is 9.78 Å². The molecule has 1 aromatic carbocycles. The van der Waals surface area contributed by atoms with Crippen LogP contribution in [0.4, 0.5) is 0 Å². The molecule has 1 heterocycles. The van der Waals surface area contributed by atoms with E-state index in [4.69, 9.17) is 0 Å². The number of aryl methyl sites for hydroxylation is 1. The highest BCUT2D eigenvalue weighted by atomic mass is 32.2. The summed E-state index contributed by atoms with van der Waals surface area (Å²) in [4.78, 5) is 16.6. The van der Waals surface area contributed by atoms with Crippen LogP contribution in [0.25, 0.3) is 0 Å². The number of fused-ring (bicyclic) bond motifs is 2. The van der Waals surface area contributed by atoms with Crippen LogP contribution in [0.3, 0.4) is 0 Å². The highest BCUT2D eigenvalue weighted by Crippen LogP contribution is 2.61. The molecule has 3 saturated carbocycles. The number of nitrogens with one attached hydrogen (secondary N) is 1. The molecule has 5 rings (SSSR count). The normalized spacial score (nSPS) is 26.8. The third kappa shape index (κ3) is 4.60. The molecule has 0 spiro atoms. The van der Waals surface area contributed by atoms with Gasteiger partial charge in [-0.1, -0.05) is 39.0 Å². The number of sulfonamides is 1. The second-order valence-corrected chi connectivity index (χ2v) is 11.6. The second kappa shape index (κ2) is 8.47. The molecule has 3 fully saturated rings. The summed E-state index contributed by atoms with van der Waals surface area (Å²) in [6, 6.07) is 10.6. The van der Waals surface area contributed by atoms with E-state index in [0.717, 1.165) is 17.5 Å². The topological polar surface area (TPSA) is 76.1 Å². The van der Waals surface area contributed by atoms with Gasteiger partial charge in [-0.05, 0) is 71.8 Å². The Morgan fingerprint density at radius 3 is 2.48 bits per heavy atom. The van der Waals surface area contributed by atoms with Crippen molar-refractivity contribution in [2.45, 2.75) is 63.8 Å². The first-order chi connectivity index (χ1) is 14.7. The van der Waals surface area contributed by atoms with E-state index >= 15 is 0 Å². The Kier molecular flexibility index (Phi) is 6.05. The average Bonchev–Trinajstić information content (AvgIpc) is 2.74. The molecule has 0 radical (unpaired) electrons. The molecular weight excluding hydrogens is 408 g/mol. The van der Waals surface area contributed by atoms with E-state index in [9.17, 15) is 13.2 Å². The minimum Gasteiger partial charge on any atom is -0.299 e. The summed E-state index contributed by atoms with van der Waals surface area (Å²) < 4.78 is 28.8. The van der Waals surface area contributed by atoms with Crippen LogP contribution in [0, 0.1) is 23.2 Å². The highest BCUT2D eigenvalue weighted by Gasteiger charge is 2.56. The van der Waals surface area contributed by atoms with E-state index in [-0.39, 0.29) is 16.7 Å². The molecule has 4 atom stereocenters. The summed E-state index contributed by atoms with van der Waals surface area (Å²) in [5.74, 6) is 1.66. The Morgan fingerprint density at radius 1 is 1.13 bits per heavy atom. The Balaban J connectivity index is 1.33. The van der Waals surface area contributed by atoms with Crippen LogP contribution >= 0.6 is 0 Å². The largest absolute Gasteiger partial charge is 0.299 e. The minimum atomic E-state index is -3.57.